The molecule has 0 spiro atoms. The number of hydrogen-bond acceptors (Lipinski definition) is 4. The highest BCUT2D eigenvalue weighted by atomic mass is 35.5. The van der Waals surface area contributed by atoms with Crippen LogP contribution in [0.2, 0.25) is 10.0 Å². The SMILES string of the molecule is CC1(C)CC(=O)C2=C(C1)Nc1ccccc1N(CC(=O)NC1CCCC1)C2c1ccc(Cl)c(Cl)c1. The molecule has 2 aromatic carbocycles. The van der Waals surface area contributed by atoms with Gasteiger partial charge in [-0.15, -0.1) is 0 Å². The van der Waals surface area contributed by atoms with Crippen molar-refractivity contribution < 1.29 is 9.59 Å². The molecule has 1 heterocycles. The number of anilines is 2. The molecule has 1 aliphatic heterocycles. The van der Waals surface area contributed by atoms with Gasteiger partial charge in [-0.2, -0.15) is 0 Å². The lowest BCUT2D eigenvalue weighted by Gasteiger charge is -2.38. The number of carbonyl (C=O) groups excluding carboxylic acids is 2. The summed E-state index contributed by atoms with van der Waals surface area (Å²) in [6.07, 6.45) is 5.51. The van der Waals surface area contributed by atoms with E-state index in [-0.39, 0.29) is 29.7 Å². The van der Waals surface area contributed by atoms with Gasteiger partial charge in [0.2, 0.25) is 5.91 Å². The number of benzene rings is 2. The highest BCUT2D eigenvalue weighted by Gasteiger charge is 2.42. The number of rotatable bonds is 4. The summed E-state index contributed by atoms with van der Waals surface area (Å²) in [6, 6.07) is 13.2. The Morgan fingerprint density at radius 3 is 2.57 bits per heavy atom. The van der Waals surface area contributed by atoms with Gasteiger partial charge in [-0.3, -0.25) is 9.59 Å². The average molecular weight is 512 g/mol. The van der Waals surface area contributed by atoms with Crippen molar-refractivity contribution in [3.05, 3.63) is 69.3 Å². The van der Waals surface area contributed by atoms with Crippen LogP contribution in [0.4, 0.5) is 11.4 Å². The number of nitrogens with one attached hydrogen (secondary N) is 2. The molecule has 2 aromatic rings. The van der Waals surface area contributed by atoms with E-state index in [0.717, 1.165) is 54.7 Å². The maximum Gasteiger partial charge on any atom is 0.239 e. The Hall–Kier alpha value is -2.50. The maximum absolute atomic E-state index is 13.7. The largest absolute Gasteiger partial charge is 0.357 e. The molecule has 1 atom stereocenters. The predicted octanol–water partition coefficient (Wildman–Crippen LogP) is 6.67. The second-order valence-corrected chi connectivity index (χ2v) is 11.5. The second kappa shape index (κ2) is 9.51. The van der Waals surface area contributed by atoms with Crippen molar-refractivity contribution in [1.82, 2.24) is 5.32 Å². The van der Waals surface area contributed by atoms with E-state index in [1.165, 1.54) is 0 Å². The van der Waals surface area contributed by atoms with Crippen molar-refractivity contribution >= 4 is 46.3 Å². The van der Waals surface area contributed by atoms with Crippen LogP contribution in [0, 0.1) is 5.41 Å². The normalized spacial score (nSPS) is 21.8. The van der Waals surface area contributed by atoms with Crippen molar-refractivity contribution in [1.29, 1.82) is 0 Å². The molecule has 5 rings (SSSR count). The molecule has 35 heavy (non-hydrogen) atoms. The van der Waals surface area contributed by atoms with Gasteiger partial charge in [-0.1, -0.05) is 68.1 Å². The summed E-state index contributed by atoms with van der Waals surface area (Å²) in [6.45, 7) is 4.37. The molecular formula is C28H31Cl2N3O2. The first kappa shape index (κ1) is 24.2. The summed E-state index contributed by atoms with van der Waals surface area (Å²) in [4.78, 5) is 29.1. The fourth-order valence-corrected chi connectivity index (χ4v) is 6.06. The van der Waals surface area contributed by atoms with E-state index in [4.69, 9.17) is 23.2 Å². The van der Waals surface area contributed by atoms with Gasteiger partial charge < -0.3 is 15.5 Å². The lowest BCUT2D eigenvalue weighted by Crippen LogP contribution is -2.44. The number of nitrogens with zero attached hydrogens (tertiary/aromatic N) is 1. The highest BCUT2D eigenvalue weighted by molar-refractivity contribution is 6.42. The maximum atomic E-state index is 13.7. The monoisotopic (exact) mass is 511 g/mol. The fourth-order valence-electron chi connectivity index (χ4n) is 5.75. The van der Waals surface area contributed by atoms with E-state index < -0.39 is 6.04 Å². The number of ketones is 1. The molecule has 1 unspecified atom stereocenters. The number of halogens is 2. The molecule has 1 fully saturated rings. The molecule has 0 aromatic heterocycles. The van der Waals surface area contributed by atoms with Crippen LogP contribution >= 0.6 is 23.2 Å². The summed E-state index contributed by atoms with van der Waals surface area (Å²) >= 11 is 12.7. The molecule has 184 valence electrons. The molecule has 7 heteroatoms. The minimum Gasteiger partial charge on any atom is -0.357 e. The van der Waals surface area contributed by atoms with Crippen molar-refractivity contribution in [2.24, 2.45) is 5.41 Å². The Labute approximate surface area is 216 Å². The van der Waals surface area contributed by atoms with Gasteiger partial charge in [0.1, 0.15) is 0 Å². The number of allylic oxidation sites excluding steroid dienone is 1. The summed E-state index contributed by atoms with van der Waals surface area (Å²) in [7, 11) is 0. The van der Waals surface area contributed by atoms with Crippen molar-refractivity contribution in [2.75, 3.05) is 16.8 Å². The first-order chi connectivity index (χ1) is 16.7. The van der Waals surface area contributed by atoms with E-state index in [2.05, 4.69) is 24.5 Å². The number of fused-ring (bicyclic) bond motifs is 1. The number of para-hydroxylation sites is 2. The molecule has 0 bridgehead atoms. The first-order valence-corrected chi connectivity index (χ1v) is 13.1. The zero-order valence-electron chi connectivity index (χ0n) is 20.2. The Bertz CT molecular complexity index is 1200. The summed E-state index contributed by atoms with van der Waals surface area (Å²) in [5.74, 6) is 0.0539. The fraction of sp³-hybridized carbons (Fsp3) is 0.429. The zero-order chi connectivity index (χ0) is 24.7. The van der Waals surface area contributed by atoms with Crippen molar-refractivity contribution in [3.8, 4) is 0 Å². The van der Waals surface area contributed by atoms with Crippen molar-refractivity contribution in [2.45, 2.75) is 64.5 Å². The minimum absolute atomic E-state index is 0.0376. The molecule has 3 aliphatic rings. The predicted molar refractivity (Wildman–Crippen MR) is 142 cm³/mol. The lowest BCUT2D eigenvalue weighted by atomic mass is 9.73. The molecule has 0 radical (unpaired) electrons. The smallest absolute Gasteiger partial charge is 0.239 e. The number of hydrogen-bond donors (Lipinski definition) is 2. The Balaban J connectivity index is 1.65. The molecule has 0 saturated heterocycles. The third-order valence-corrected chi connectivity index (χ3v) is 8.04. The third kappa shape index (κ3) is 4.94. The zero-order valence-corrected chi connectivity index (χ0v) is 21.7. The molecule has 2 aliphatic carbocycles. The van der Waals surface area contributed by atoms with Gasteiger partial charge in [0.05, 0.1) is 34.0 Å². The average Bonchev–Trinajstić information content (AvgIpc) is 3.25. The van der Waals surface area contributed by atoms with Gasteiger partial charge in [0.25, 0.3) is 0 Å². The standard InChI is InChI=1S/C28H31Cl2N3O2/c1-28(2)14-22-26(24(34)15-28)27(17-11-12-19(29)20(30)13-17)33(23-10-6-5-9-21(23)32-22)16-25(35)31-18-7-3-4-8-18/h5-6,9-13,18,27,32H,3-4,7-8,14-16H2,1-2H3,(H,31,35). The molecule has 5 nitrogen and oxygen atoms in total. The van der Waals surface area contributed by atoms with Crippen LogP contribution in [-0.4, -0.2) is 24.3 Å². The van der Waals surface area contributed by atoms with E-state index >= 15 is 0 Å². The van der Waals surface area contributed by atoms with Gasteiger partial charge in [0.15, 0.2) is 5.78 Å². The Kier molecular flexibility index (Phi) is 6.58. The van der Waals surface area contributed by atoms with Crippen LogP contribution in [0.3, 0.4) is 0 Å². The lowest BCUT2D eigenvalue weighted by molar-refractivity contribution is -0.121. The Morgan fingerprint density at radius 2 is 1.83 bits per heavy atom. The van der Waals surface area contributed by atoms with Gasteiger partial charge in [-0.25, -0.2) is 0 Å². The van der Waals surface area contributed by atoms with Crippen LogP contribution in [0.5, 0.6) is 0 Å². The van der Waals surface area contributed by atoms with Crippen LogP contribution in [-0.2, 0) is 9.59 Å². The van der Waals surface area contributed by atoms with E-state index in [0.29, 0.717) is 22.0 Å². The summed E-state index contributed by atoms with van der Waals surface area (Å²) in [5, 5.41) is 7.68. The van der Waals surface area contributed by atoms with Gasteiger partial charge >= 0.3 is 0 Å². The van der Waals surface area contributed by atoms with Crippen LogP contribution in [0.25, 0.3) is 0 Å². The van der Waals surface area contributed by atoms with E-state index in [9.17, 15) is 9.59 Å². The van der Waals surface area contributed by atoms with Crippen LogP contribution < -0.4 is 15.5 Å². The van der Waals surface area contributed by atoms with Crippen LogP contribution in [0.1, 0.15) is 64.0 Å². The molecule has 1 amide bonds. The third-order valence-electron chi connectivity index (χ3n) is 7.30. The van der Waals surface area contributed by atoms with Gasteiger partial charge in [-0.05, 0) is 54.5 Å². The van der Waals surface area contributed by atoms with E-state index in [1.807, 2.05) is 41.3 Å². The summed E-state index contributed by atoms with van der Waals surface area (Å²) < 4.78 is 0. The Morgan fingerprint density at radius 1 is 1.09 bits per heavy atom. The van der Waals surface area contributed by atoms with Crippen molar-refractivity contribution in [3.63, 3.8) is 0 Å². The van der Waals surface area contributed by atoms with Gasteiger partial charge in [0, 0.05) is 23.7 Å². The number of Topliss-reactive ketones (excluding diaryl/α,β-unsaturated/α-hetero) is 1. The minimum atomic E-state index is -0.464. The number of amides is 1. The van der Waals surface area contributed by atoms with E-state index in [1.54, 1.807) is 6.07 Å². The van der Waals surface area contributed by atoms with Crippen LogP contribution in [0.15, 0.2) is 53.7 Å². The molecule has 2 N–H and O–H groups in total. The second-order valence-electron chi connectivity index (χ2n) is 10.7. The molecular weight excluding hydrogens is 481 g/mol. The highest BCUT2D eigenvalue weighted by Crippen LogP contribution is 2.48. The number of carbonyl (C=O) groups is 2. The topological polar surface area (TPSA) is 61.4 Å². The quantitative estimate of drug-likeness (QED) is 0.481. The first-order valence-electron chi connectivity index (χ1n) is 12.3. The summed E-state index contributed by atoms with van der Waals surface area (Å²) in [5.41, 5.74) is 4.06. The molecule has 1 saturated carbocycles.